The Hall–Kier alpha value is -2.04. The largest absolute Gasteiger partial charge is 0.462 e. The molecule has 0 aliphatic carbocycles. The molecule has 1 aromatic rings. The molecule has 5 nitrogen and oxygen atoms in total. The Bertz CT molecular complexity index is 431. The van der Waals surface area contributed by atoms with Crippen LogP contribution in [0.5, 0.6) is 0 Å². The molecule has 0 radical (unpaired) electrons. The van der Waals surface area contributed by atoms with Crippen LogP contribution in [0, 0.1) is 6.92 Å². The van der Waals surface area contributed by atoms with Crippen molar-refractivity contribution in [3.8, 4) is 0 Å². The lowest BCUT2D eigenvalue weighted by Crippen LogP contribution is -2.22. The highest BCUT2D eigenvalue weighted by Gasteiger charge is 2.22. The van der Waals surface area contributed by atoms with Crippen LogP contribution in [0.4, 0.5) is 4.79 Å². The van der Waals surface area contributed by atoms with Crippen molar-refractivity contribution in [2.75, 3.05) is 0 Å². The summed E-state index contributed by atoms with van der Waals surface area (Å²) >= 11 is 0. The quantitative estimate of drug-likeness (QED) is 0.510. The molecule has 0 saturated carbocycles. The van der Waals surface area contributed by atoms with E-state index in [0.717, 1.165) is 5.76 Å². The summed E-state index contributed by atoms with van der Waals surface area (Å²) in [5.41, 5.74) is 0.198. The van der Waals surface area contributed by atoms with Gasteiger partial charge < -0.3 is 9.73 Å². The topological polar surface area (TPSA) is 71.3 Å². The molecule has 2 rings (SSSR count). The fourth-order valence-corrected chi connectivity index (χ4v) is 1.16. The highest BCUT2D eigenvalue weighted by atomic mass is 16.3. The first-order valence-electron chi connectivity index (χ1n) is 4.05. The molecule has 0 atom stereocenters. The molecule has 1 aliphatic rings. The molecular weight excluding hydrogens is 184 g/mol. The van der Waals surface area contributed by atoms with Crippen LogP contribution in [0.3, 0.4) is 0 Å². The van der Waals surface area contributed by atoms with Crippen LogP contribution in [0.25, 0.3) is 6.08 Å². The highest BCUT2D eigenvalue weighted by molar-refractivity contribution is 6.13. The Kier molecular flexibility index (Phi) is 1.85. The molecule has 1 fully saturated rings. The standard InChI is InChI=1S/C9H8N2O3/c1-5-2-3-6(14-5)4-7-8(12)11-9(13)10-7/h2-4H,1H3,(H2,10,11,12,13)/b7-4-. The maximum atomic E-state index is 11.1. The zero-order valence-corrected chi connectivity index (χ0v) is 7.46. The minimum absolute atomic E-state index is 0.198. The summed E-state index contributed by atoms with van der Waals surface area (Å²) in [6.45, 7) is 1.80. The summed E-state index contributed by atoms with van der Waals surface area (Å²) in [6.07, 6.45) is 1.48. The second kappa shape index (κ2) is 3.02. The van der Waals surface area contributed by atoms with Crippen molar-refractivity contribution in [2.45, 2.75) is 6.92 Å². The number of rotatable bonds is 1. The van der Waals surface area contributed by atoms with Crippen molar-refractivity contribution in [3.63, 3.8) is 0 Å². The molecule has 5 heteroatoms. The molecular formula is C9H8N2O3. The first kappa shape index (κ1) is 8.55. The zero-order chi connectivity index (χ0) is 10.1. The molecule has 1 aliphatic heterocycles. The third-order valence-corrected chi connectivity index (χ3v) is 1.77. The third-order valence-electron chi connectivity index (χ3n) is 1.77. The van der Waals surface area contributed by atoms with Gasteiger partial charge in [-0.05, 0) is 19.1 Å². The molecule has 14 heavy (non-hydrogen) atoms. The molecule has 1 saturated heterocycles. The molecule has 0 unspecified atom stereocenters. The number of furan rings is 1. The van der Waals surface area contributed by atoms with Gasteiger partial charge >= 0.3 is 6.03 Å². The Morgan fingerprint density at radius 2 is 2.07 bits per heavy atom. The van der Waals surface area contributed by atoms with Gasteiger partial charge in [0.2, 0.25) is 0 Å². The van der Waals surface area contributed by atoms with Crippen molar-refractivity contribution in [1.82, 2.24) is 10.6 Å². The number of carbonyl (C=O) groups excluding carboxylic acids is 2. The normalized spacial score (nSPS) is 18.5. The lowest BCUT2D eigenvalue weighted by atomic mass is 10.3. The van der Waals surface area contributed by atoms with E-state index in [2.05, 4.69) is 10.6 Å². The van der Waals surface area contributed by atoms with E-state index in [9.17, 15) is 9.59 Å². The lowest BCUT2D eigenvalue weighted by Gasteiger charge is -1.90. The van der Waals surface area contributed by atoms with Crippen LogP contribution in [0.15, 0.2) is 22.2 Å². The summed E-state index contributed by atoms with van der Waals surface area (Å²) in [5.74, 6) is 0.848. The second-order valence-corrected chi connectivity index (χ2v) is 2.91. The summed E-state index contributed by atoms with van der Waals surface area (Å²) in [7, 11) is 0. The van der Waals surface area contributed by atoms with Gasteiger partial charge in [-0.15, -0.1) is 0 Å². The summed E-state index contributed by atoms with van der Waals surface area (Å²) in [6, 6.07) is 2.99. The molecule has 2 N–H and O–H groups in total. The van der Waals surface area contributed by atoms with Crippen molar-refractivity contribution in [1.29, 1.82) is 0 Å². The number of imide groups is 1. The predicted molar refractivity (Wildman–Crippen MR) is 48.1 cm³/mol. The van der Waals surface area contributed by atoms with Crippen LogP contribution < -0.4 is 10.6 Å². The number of hydrogen-bond donors (Lipinski definition) is 2. The number of hydrogen-bond acceptors (Lipinski definition) is 3. The van der Waals surface area contributed by atoms with Crippen LogP contribution >= 0.6 is 0 Å². The van der Waals surface area contributed by atoms with E-state index in [1.165, 1.54) is 6.08 Å². The van der Waals surface area contributed by atoms with Gasteiger partial charge in [0, 0.05) is 6.08 Å². The Balaban J connectivity index is 2.27. The fraction of sp³-hybridized carbons (Fsp3) is 0.111. The van der Waals surface area contributed by atoms with E-state index < -0.39 is 11.9 Å². The second-order valence-electron chi connectivity index (χ2n) is 2.91. The van der Waals surface area contributed by atoms with E-state index >= 15 is 0 Å². The van der Waals surface area contributed by atoms with E-state index in [4.69, 9.17) is 4.42 Å². The molecule has 3 amide bonds. The number of aryl methyl sites for hydroxylation is 1. The van der Waals surface area contributed by atoms with E-state index in [-0.39, 0.29) is 5.70 Å². The van der Waals surface area contributed by atoms with Crippen LogP contribution in [-0.2, 0) is 4.79 Å². The molecule has 0 aromatic carbocycles. The van der Waals surface area contributed by atoms with Gasteiger partial charge in [-0.1, -0.05) is 0 Å². The third kappa shape index (κ3) is 1.52. The van der Waals surface area contributed by atoms with Crippen LogP contribution in [0.1, 0.15) is 11.5 Å². The van der Waals surface area contributed by atoms with E-state index in [1.54, 1.807) is 19.1 Å². The van der Waals surface area contributed by atoms with Gasteiger partial charge in [0.05, 0.1) is 0 Å². The number of carbonyl (C=O) groups is 2. The summed E-state index contributed by atoms with van der Waals surface area (Å²) in [5, 5.41) is 4.46. The Morgan fingerprint density at radius 1 is 1.29 bits per heavy atom. The lowest BCUT2D eigenvalue weighted by molar-refractivity contribution is -0.115. The van der Waals surface area contributed by atoms with Crippen molar-refractivity contribution in [2.24, 2.45) is 0 Å². The Morgan fingerprint density at radius 3 is 2.57 bits per heavy atom. The van der Waals surface area contributed by atoms with Crippen molar-refractivity contribution < 1.29 is 14.0 Å². The SMILES string of the molecule is Cc1ccc(/C=C2\NC(=O)NC2=O)o1. The first-order chi connectivity index (χ1) is 6.65. The number of amides is 3. The van der Waals surface area contributed by atoms with Gasteiger partial charge in [-0.25, -0.2) is 4.79 Å². The minimum Gasteiger partial charge on any atom is -0.462 e. The van der Waals surface area contributed by atoms with E-state index in [0.29, 0.717) is 5.76 Å². The van der Waals surface area contributed by atoms with E-state index in [1.807, 2.05) is 0 Å². The van der Waals surface area contributed by atoms with Gasteiger partial charge in [-0.2, -0.15) is 0 Å². The summed E-state index contributed by atoms with van der Waals surface area (Å²) in [4.78, 5) is 21.8. The minimum atomic E-state index is -0.510. The number of nitrogens with one attached hydrogen (secondary N) is 2. The maximum absolute atomic E-state index is 11.1. The van der Waals surface area contributed by atoms with Crippen LogP contribution in [-0.4, -0.2) is 11.9 Å². The first-order valence-corrected chi connectivity index (χ1v) is 4.05. The molecule has 0 bridgehead atoms. The zero-order valence-electron chi connectivity index (χ0n) is 7.46. The van der Waals surface area contributed by atoms with Crippen LogP contribution in [0.2, 0.25) is 0 Å². The molecule has 2 heterocycles. The summed E-state index contributed by atoms with van der Waals surface area (Å²) < 4.78 is 5.22. The highest BCUT2D eigenvalue weighted by Crippen LogP contribution is 2.11. The van der Waals surface area contributed by atoms with Gasteiger partial charge in [0.25, 0.3) is 5.91 Å². The van der Waals surface area contributed by atoms with Crippen molar-refractivity contribution >= 4 is 18.0 Å². The molecule has 1 aromatic heterocycles. The monoisotopic (exact) mass is 192 g/mol. The maximum Gasteiger partial charge on any atom is 0.326 e. The smallest absolute Gasteiger partial charge is 0.326 e. The fourth-order valence-electron chi connectivity index (χ4n) is 1.16. The Labute approximate surface area is 79.8 Å². The number of urea groups is 1. The van der Waals surface area contributed by atoms with Gasteiger partial charge in [0.15, 0.2) is 0 Å². The predicted octanol–water partition coefficient (Wildman–Crippen LogP) is 0.768. The average molecular weight is 192 g/mol. The van der Waals surface area contributed by atoms with Gasteiger partial charge in [-0.3, -0.25) is 10.1 Å². The van der Waals surface area contributed by atoms with Gasteiger partial charge in [0.1, 0.15) is 17.2 Å². The molecule has 72 valence electrons. The molecule has 0 spiro atoms. The van der Waals surface area contributed by atoms with Crippen molar-refractivity contribution in [3.05, 3.63) is 29.4 Å². The average Bonchev–Trinajstić information content (AvgIpc) is 2.61.